The van der Waals surface area contributed by atoms with Crippen LogP contribution in [0.15, 0.2) is 72.8 Å². The van der Waals surface area contributed by atoms with E-state index in [0.29, 0.717) is 23.7 Å². The summed E-state index contributed by atoms with van der Waals surface area (Å²) in [5.41, 5.74) is 0.201. The number of ether oxygens (including phenoxy) is 2. The van der Waals surface area contributed by atoms with Crippen LogP contribution in [0.4, 0.5) is 16.2 Å². The molecule has 276 valence electrons. The molecule has 3 atom stereocenters. The molecule has 1 heterocycles. The molecule has 2 N–H and O–H groups in total. The third kappa shape index (κ3) is 9.55. The molecule has 0 aromatic heterocycles. The van der Waals surface area contributed by atoms with Crippen LogP contribution in [0.25, 0.3) is 0 Å². The summed E-state index contributed by atoms with van der Waals surface area (Å²) < 4.78 is 10.5. The molecule has 1 saturated heterocycles. The van der Waals surface area contributed by atoms with E-state index in [2.05, 4.69) is 10.6 Å². The molecule has 1 aliphatic rings. The maximum Gasteiger partial charge on any atom is 0.328 e. The number of rotatable bonds is 17. The molecule has 52 heavy (non-hydrogen) atoms. The minimum absolute atomic E-state index is 0.0308. The van der Waals surface area contributed by atoms with Gasteiger partial charge in [0.25, 0.3) is 11.8 Å². The molecule has 0 spiro atoms. The molecule has 5 amide bonds. The van der Waals surface area contributed by atoms with Gasteiger partial charge in [-0.05, 0) is 67.3 Å². The second-order valence-corrected chi connectivity index (χ2v) is 13.5. The van der Waals surface area contributed by atoms with Crippen LogP contribution < -0.4 is 15.4 Å². The van der Waals surface area contributed by atoms with Gasteiger partial charge < -0.3 is 25.0 Å². The van der Waals surface area contributed by atoms with Gasteiger partial charge in [-0.15, -0.1) is 0 Å². The van der Waals surface area contributed by atoms with Gasteiger partial charge in [-0.1, -0.05) is 76.0 Å². The third-order valence-electron chi connectivity index (χ3n) is 9.13. The van der Waals surface area contributed by atoms with Gasteiger partial charge in [0.05, 0.1) is 30.3 Å². The molecular weight excluding hydrogens is 688 g/mol. The number of hydrogen-bond acceptors (Lipinski definition) is 8. The summed E-state index contributed by atoms with van der Waals surface area (Å²) in [5.74, 6) is -3.29. The predicted molar refractivity (Wildman–Crippen MR) is 197 cm³/mol. The van der Waals surface area contributed by atoms with Gasteiger partial charge in [0.15, 0.2) is 11.8 Å². The van der Waals surface area contributed by atoms with Gasteiger partial charge in [0.2, 0.25) is 5.91 Å². The number of methoxy groups -OCH3 is 1. The van der Waals surface area contributed by atoms with Crippen molar-refractivity contribution in [2.45, 2.75) is 66.0 Å². The lowest BCUT2D eigenvalue weighted by Gasteiger charge is -2.29. The van der Waals surface area contributed by atoms with E-state index < -0.39 is 41.0 Å². The molecule has 3 aromatic rings. The number of carbonyl (C=O) groups is 6. The molecule has 13 heteroatoms. The smallest absolute Gasteiger partial charge is 0.328 e. The summed E-state index contributed by atoms with van der Waals surface area (Å²) >= 11 is 6.48. The van der Waals surface area contributed by atoms with Gasteiger partial charge in [-0.2, -0.15) is 0 Å². The molecule has 3 aromatic carbocycles. The Morgan fingerprint density at radius 3 is 2.29 bits per heavy atom. The Kier molecular flexibility index (Phi) is 13.5. The molecule has 1 fully saturated rings. The number of urea groups is 1. The highest BCUT2D eigenvalue weighted by molar-refractivity contribution is 6.34. The first-order valence-electron chi connectivity index (χ1n) is 17.2. The summed E-state index contributed by atoms with van der Waals surface area (Å²) in [5, 5.41) is 5.54. The molecule has 0 aliphatic carbocycles. The molecule has 4 rings (SSSR count). The van der Waals surface area contributed by atoms with Crippen LogP contribution >= 0.6 is 11.6 Å². The number of nitrogens with one attached hydrogen (secondary N) is 2. The minimum atomic E-state index is -1.88. The summed E-state index contributed by atoms with van der Waals surface area (Å²) in [6.45, 7) is 7.43. The number of benzene rings is 3. The van der Waals surface area contributed by atoms with Gasteiger partial charge in [-0.25, -0.2) is 9.69 Å². The zero-order valence-corrected chi connectivity index (χ0v) is 30.8. The number of anilines is 2. The van der Waals surface area contributed by atoms with Crippen molar-refractivity contribution < 1.29 is 38.2 Å². The minimum Gasteiger partial charge on any atom is -0.497 e. The highest BCUT2D eigenvalue weighted by Crippen LogP contribution is 2.34. The van der Waals surface area contributed by atoms with Crippen LogP contribution in [0, 0.1) is 11.3 Å². The van der Waals surface area contributed by atoms with Gasteiger partial charge >= 0.3 is 12.0 Å². The SMILES string of the molecule is CCCCOC(=O)C(C)CC(C)(CC)C(=O)Nc1ccc(Cl)c(NC(=O)C(C(=O)c2ccc(OC)cc2)N2C(=O)CN(Cc3ccccc3)C2=O)c1. The lowest BCUT2D eigenvalue weighted by Crippen LogP contribution is -2.52. The lowest BCUT2D eigenvalue weighted by molar-refractivity contribution is -0.149. The number of esters is 1. The molecule has 0 radical (unpaired) electrons. The van der Waals surface area contributed by atoms with Crippen LogP contribution in [0.5, 0.6) is 5.75 Å². The number of amides is 5. The highest BCUT2D eigenvalue weighted by atomic mass is 35.5. The maximum atomic E-state index is 14.1. The van der Waals surface area contributed by atoms with E-state index >= 15 is 0 Å². The standard InChI is InChI=1S/C39H45ClN4O8/c1-6-8-20-52-36(48)25(3)22-39(4,7-2)37(49)41-28-16-19-30(40)31(21-28)42-35(47)33(34(46)27-14-17-29(51-5)18-15-27)44-32(45)24-43(38(44)50)23-26-12-10-9-11-13-26/h9-19,21,25,33H,6-8,20,22-24H2,1-5H3,(H,41,49)(H,42,47). The van der Waals surface area contributed by atoms with Gasteiger partial charge in [-0.3, -0.25) is 24.0 Å². The average Bonchev–Trinajstić information content (AvgIpc) is 3.41. The van der Waals surface area contributed by atoms with Crippen LogP contribution in [0.2, 0.25) is 5.02 Å². The Hall–Kier alpha value is -5.23. The maximum absolute atomic E-state index is 14.1. The Bertz CT molecular complexity index is 1780. The number of halogens is 1. The molecule has 3 unspecified atom stereocenters. The molecule has 0 saturated carbocycles. The second kappa shape index (κ2) is 17.8. The van der Waals surface area contributed by atoms with Crippen LogP contribution in [-0.4, -0.2) is 71.6 Å². The monoisotopic (exact) mass is 732 g/mol. The third-order valence-corrected chi connectivity index (χ3v) is 9.46. The Morgan fingerprint density at radius 2 is 1.65 bits per heavy atom. The lowest BCUT2D eigenvalue weighted by atomic mass is 9.78. The van der Waals surface area contributed by atoms with Crippen LogP contribution in [0.1, 0.15) is 69.3 Å². The fourth-order valence-corrected chi connectivity index (χ4v) is 5.98. The predicted octanol–water partition coefficient (Wildman–Crippen LogP) is 6.73. The van der Waals surface area contributed by atoms with E-state index in [9.17, 15) is 28.8 Å². The molecular formula is C39H45ClN4O8. The van der Waals surface area contributed by atoms with Crippen molar-refractivity contribution in [3.8, 4) is 5.75 Å². The fourth-order valence-electron chi connectivity index (χ4n) is 5.81. The number of nitrogens with zero attached hydrogens (tertiary/aromatic N) is 2. The summed E-state index contributed by atoms with van der Waals surface area (Å²) in [6.07, 6.45) is 2.32. The number of imide groups is 1. The summed E-state index contributed by atoms with van der Waals surface area (Å²) in [4.78, 5) is 83.2. The number of carbonyl (C=O) groups excluding carboxylic acids is 6. The molecule has 12 nitrogen and oxygen atoms in total. The fraction of sp³-hybridized carbons (Fsp3) is 0.385. The van der Waals surface area contributed by atoms with Crippen LogP contribution in [-0.2, 0) is 30.5 Å². The normalized spacial score (nSPS) is 15.0. The van der Waals surface area contributed by atoms with Gasteiger partial charge in [0, 0.05) is 23.2 Å². The van der Waals surface area contributed by atoms with Crippen LogP contribution in [0.3, 0.4) is 0 Å². The summed E-state index contributed by atoms with van der Waals surface area (Å²) in [7, 11) is 1.46. The summed E-state index contributed by atoms with van der Waals surface area (Å²) in [6, 6.07) is 16.7. The second-order valence-electron chi connectivity index (χ2n) is 13.1. The van der Waals surface area contributed by atoms with Gasteiger partial charge in [0.1, 0.15) is 12.3 Å². The molecule has 1 aliphatic heterocycles. The first-order chi connectivity index (χ1) is 24.8. The van der Waals surface area contributed by atoms with Crippen molar-refractivity contribution in [2.75, 3.05) is 30.9 Å². The quantitative estimate of drug-likeness (QED) is 0.0510. The largest absolute Gasteiger partial charge is 0.497 e. The average molecular weight is 733 g/mol. The number of Topliss-reactive ketones (excluding diaryl/α,β-unsaturated/α-hetero) is 1. The first kappa shape index (κ1) is 39.6. The van der Waals surface area contributed by atoms with E-state index in [-0.39, 0.29) is 53.3 Å². The first-order valence-corrected chi connectivity index (χ1v) is 17.6. The Balaban J connectivity index is 1.58. The van der Waals surface area contributed by atoms with Crippen molar-refractivity contribution in [1.29, 1.82) is 0 Å². The number of hydrogen-bond donors (Lipinski definition) is 2. The Labute approximate surface area is 308 Å². The van der Waals surface area contributed by atoms with E-state index in [1.807, 2.05) is 19.9 Å². The topological polar surface area (TPSA) is 151 Å². The van der Waals surface area contributed by atoms with Crippen molar-refractivity contribution in [3.05, 3.63) is 88.9 Å². The zero-order chi connectivity index (χ0) is 38.0. The van der Waals surface area contributed by atoms with E-state index in [0.717, 1.165) is 18.4 Å². The van der Waals surface area contributed by atoms with Crippen molar-refractivity contribution in [1.82, 2.24) is 9.80 Å². The number of unbranched alkanes of at least 4 members (excludes halogenated alkanes) is 1. The highest BCUT2D eigenvalue weighted by Gasteiger charge is 2.47. The van der Waals surface area contributed by atoms with Crippen molar-refractivity contribution >= 4 is 58.5 Å². The van der Waals surface area contributed by atoms with E-state index in [4.69, 9.17) is 21.1 Å². The number of ketones is 1. The van der Waals surface area contributed by atoms with E-state index in [1.54, 1.807) is 44.2 Å². The van der Waals surface area contributed by atoms with Crippen molar-refractivity contribution in [3.63, 3.8) is 0 Å². The molecule has 0 bridgehead atoms. The zero-order valence-electron chi connectivity index (χ0n) is 30.1. The Morgan fingerprint density at radius 1 is 0.962 bits per heavy atom. The van der Waals surface area contributed by atoms with Crippen molar-refractivity contribution in [2.24, 2.45) is 11.3 Å². The van der Waals surface area contributed by atoms with E-state index in [1.165, 1.54) is 48.4 Å².